The average Bonchev–Trinajstić information content (AvgIpc) is 2.87. The monoisotopic (exact) mass is 287 g/mol. The Morgan fingerprint density at radius 3 is 2.75 bits per heavy atom. The number of carbonyl (C=O) groups excluding carboxylic acids is 1. The van der Waals surface area contributed by atoms with Gasteiger partial charge >= 0.3 is 5.97 Å². The van der Waals surface area contributed by atoms with Gasteiger partial charge in [-0.1, -0.05) is 20.3 Å². The van der Waals surface area contributed by atoms with Gasteiger partial charge in [-0.2, -0.15) is 0 Å². The Kier molecular flexibility index (Phi) is 8.11. The van der Waals surface area contributed by atoms with E-state index in [1.807, 2.05) is 6.92 Å². The molecule has 0 radical (unpaired) electrons. The van der Waals surface area contributed by atoms with Crippen LogP contribution in [0.3, 0.4) is 0 Å². The largest absolute Gasteiger partial charge is 0.468 e. The van der Waals surface area contributed by atoms with Crippen LogP contribution < -0.4 is 5.32 Å². The van der Waals surface area contributed by atoms with Crippen molar-refractivity contribution in [2.75, 3.05) is 33.5 Å². The van der Waals surface area contributed by atoms with Crippen LogP contribution in [0.4, 0.5) is 0 Å². The summed E-state index contributed by atoms with van der Waals surface area (Å²) < 4.78 is 16.2. The highest BCUT2D eigenvalue weighted by molar-refractivity contribution is 5.81. The van der Waals surface area contributed by atoms with E-state index >= 15 is 0 Å². The molecule has 20 heavy (non-hydrogen) atoms. The standard InChI is InChI=1S/C15H29NO4/c1-4-6-9-19-10-11-20-13-7-8-15(12-13,16-5-2)14(17)18-3/h13,16H,4-12H2,1-3H3. The number of carbonyl (C=O) groups is 1. The normalized spacial score (nSPS) is 25.9. The average molecular weight is 287 g/mol. The second kappa shape index (κ2) is 9.32. The molecule has 118 valence electrons. The van der Waals surface area contributed by atoms with Gasteiger partial charge in [0, 0.05) is 13.0 Å². The lowest BCUT2D eigenvalue weighted by Gasteiger charge is -2.27. The molecule has 0 amide bonds. The molecule has 0 bridgehead atoms. The van der Waals surface area contributed by atoms with Crippen molar-refractivity contribution in [2.45, 2.75) is 57.6 Å². The van der Waals surface area contributed by atoms with E-state index in [2.05, 4.69) is 12.2 Å². The van der Waals surface area contributed by atoms with Gasteiger partial charge in [-0.25, -0.2) is 0 Å². The van der Waals surface area contributed by atoms with Crippen LogP contribution in [0.1, 0.15) is 46.0 Å². The molecular weight excluding hydrogens is 258 g/mol. The fourth-order valence-electron chi connectivity index (χ4n) is 2.72. The predicted molar refractivity (Wildman–Crippen MR) is 77.7 cm³/mol. The number of hydrogen-bond donors (Lipinski definition) is 1. The fraction of sp³-hybridized carbons (Fsp3) is 0.933. The second-order valence-electron chi connectivity index (χ2n) is 5.31. The zero-order valence-corrected chi connectivity index (χ0v) is 13.1. The van der Waals surface area contributed by atoms with E-state index in [1.165, 1.54) is 7.11 Å². The van der Waals surface area contributed by atoms with Gasteiger partial charge in [0.05, 0.1) is 26.4 Å². The summed E-state index contributed by atoms with van der Waals surface area (Å²) in [4.78, 5) is 12.0. The number of rotatable bonds is 10. The van der Waals surface area contributed by atoms with E-state index in [0.717, 1.165) is 38.8 Å². The Bertz CT molecular complexity index is 285. The zero-order chi connectivity index (χ0) is 14.8. The van der Waals surface area contributed by atoms with Gasteiger partial charge in [0.25, 0.3) is 0 Å². The summed E-state index contributed by atoms with van der Waals surface area (Å²) in [7, 11) is 1.44. The zero-order valence-electron chi connectivity index (χ0n) is 13.1. The molecule has 5 nitrogen and oxygen atoms in total. The molecule has 0 aromatic rings. The number of methoxy groups -OCH3 is 1. The minimum Gasteiger partial charge on any atom is -0.468 e. The summed E-state index contributed by atoms with van der Waals surface area (Å²) in [6, 6.07) is 0. The predicted octanol–water partition coefficient (Wildman–Crippen LogP) is 1.89. The van der Waals surface area contributed by atoms with E-state index < -0.39 is 5.54 Å². The maximum Gasteiger partial charge on any atom is 0.326 e. The first-order valence-electron chi connectivity index (χ1n) is 7.71. The topological polar surface area (TPSA) is 56.8 Å². The molecule has 0 aromatic heterocycles. The Labute approximate surface area is 122 Å². The summed E-state index contributed by atoms with van der Waals surface area (Å²) in [5, 5.41) is 3.27. The Morgan fingerprint density at radius 2 is 2.10 bits per heavy atom. The van der Waals surface area contributed by atoms with Crippen LogP contribution in [0, 0.1) is 0 Å². The van der Waals surface area contributed by atoms with Crippen molar-refractivity contribution in [1.29, 1.82) is 0 Å². The van der Waals surface area contributed by atoms with Crippen molar-refractivity contribution in [2.24, 2.45) is 0 Å². The molecule has 2 unspecified atom stereocenters. The number of nitrogens with one attached hydrogen (secondary N) is 1. The lowest BCUT2D eigenvalue weighted by atomic mass is 9.97. The Balaban J connectivity index is 2.28. The second-order valence-corrected chi connectivity index (χ2v) is 5.31. The van der Waals surface area contributed by atoms with Crippen LogP contribution >= 0.6 is 0 Å². The highest BCUT2D eigenvalue weighted by atomic mass is 16.5. The SMILES string of the molecule is CCCCOCCOC1CCC(NCC)(C(=O)OC)C1. The highest BCUT2D eigenvalue weighted by Crippen LogP contribution is 2.33. The first kappa shape index (κ1) is 17.4. The summed E-state index contributed by atoms with van der Waals surface area (Å²) in [5.74, 6) is -0.176. The first-order chi connectivity index (χ1) is 9.68. The molecule has 0 aromatic carbocycles. The third kappa shape index (κ3) is 5.04. The van der Waals surface area contributed by atoms with Crippen LogP contribution in [0.2, 0.25) is 0 Å². The minimum atomic E-state index is -0.558. The molecule has 1 saturated carbocycles. The highest BCUT2D eigenvalue weighted by Gasteiger charge is 2.46. The molecule has 0 saturated heterocycles. The third-order valence-electron chi connectivity index (χ3n) is 3.78. The van der Waals surface area contributed by atoms with Gasteiger partial charge in [-0.05, 0) is 25.8 Å². The van der Waals surface area contributed by atoms with Gasteiger partial charge < -0.3 is 19.5 Å². The molecule has 0 aliphatic heterocycles. The maximum absolute atomic E-state index is 12.0. The number of esters is 1. The number of likely N-dealkylation sites (N-methyl/N-ethyl adjacent to an activating group) is 1. The molecule has 2 atom stereocenters. The van der Waals surface area contributed by atoms with Gasteiger partial charge in [0.2, 0.25) is 0 Å². The Morgan fingerprint density at radius 1 is 1.30 bits per heavy atom. The molecular formula is C15H29NO4. The molecule has 0 spiro atoms. The summed E-state index contributed by atoms with van der Waals surface area (Å²) in [6.07, 6.45) is 4.69. The van der Waals surface area contributed by atoms with Crippen LogP contribution in [-0.4, -0.2) is 51.1 Å². The number of ether oxygens (including phenoxy) is 3. The van der Waals surface area contributed by atoms with E-state index in [-0.39, 0.29) is 12.1 Å². The summed E-state index contributed by atoms with van der Waals surface area (Å²) in [6.45, 7) is 6.92. The molecule has 1 rings (SSSR count). The lowest BCUT2D eigenvalue weighted by Crippen LogP contribution is -2.51. The van der Waals surface area contributed by atoms with E-state index in [9.17, 15) is 4.79 Å². The van der Waals surface area contributed by atoms with Gasteiger partial charge in [-0.3, -0.25) is 4.79 Å². The van der Waals surface area contributed by atoms with E-state index in [1.54, 1.807) is 0 Å². The first-order valence-corrected chi connectivity index (χ1v) is 7.71. The van der Waals surface area contributed by atoms with Crippen molar-refractivity contribution in [1.82, 2.24) is 5.32 Å². The summed E-state index contributed by atoms with van der Waals surface area (Å²) in [5.41, 5.74) is -0.558. The summed E-state index contributed by atoms with van der Waals surface area (Å²) >= 11 is 0. The minimum absolute atomic E-state index is 0.114. The van der Waals surface area contributed by atoms with Gasteiger partial charge in [0.1, 0.15) is 5.54 Å². The van der Waals surface area contributed by atoms with Crippen LogP contribution in [0.15, 0.2) is 0 Å². The van der Waals surface area contributed by atoms with Crippen molar-refractivity contribution in [3.05, 3.63) is 0 Å². The number of unbranched alkanes of at least 4 members (excludes halogenated alkanes) is 1. The molecule has 0 heterocycles. The van der Waals surface area contributed by atoms with Crippen LogP contribution in [0.25, 0.3) is 0 Å². The quantitative estimate of drug-likeness (QED) is 0.491. The number of hydrogen-bond acceptors (Lipinski definition) is 5. The van der Waals surface area contributed by atoms with Crippen molar-refractivity contribution in [3.63, 3.8) is 0 Å². The van der Waals surface area contributed by atoms with Crippen molar-refractivity contribution >= 4 is 5.97 Å². The van der Waals surface area contributed by atoms with Crippen molar-refractivity contribution in [3.8, 4) is 0 Å². The molecule has 1 aliphatic carbocycles. The van der Waals surface area contributed by atoms with E-state index in [4.69, 9.17) is 14.2 Å². The fourth-order valence-corrected chi connectivity index (χ4v) is 2.72. The lowest BCUT2D eigenvalue weighted by molar-refractivity contribution is -0.148. The van der Waals surface area contributed by atoms with Crippen molar-refractivity contribution < 1.29 is 19.0 Å². The van der Waals surface area contributed by atoms with Crippen LogP contribution in [-0.2, 0) is 19.0 Å². The molecule has 1 N–H and O–H groups in total. The smallest absolute Gasteiger partial charge is 0.326 e. The van der Waals surface area contributed by atoms with Gasteiger partial charge in [0.15, 0.2) is 0 Å². The maximum atomic E-state index is 12.0. The molecule has 1 aliphatic rings. The van der Waals surface area contributed by atoms with Gasteiger partial charge in [-0.15, -0.1) is 0 Å². The van der Waals surface area contributed by atoms with E-state index in [0.29, 0.717) is 19.6 Å². The molecule has 1 fully saturated rings. The Hall–Kier alpha value is -0.650. The molecule has 5 heteroatoms. The third-order valence-corrected chi connectivity index (χ3v) is 3.78. The van der Waals surface area contributed by atoms with Crippen LogP contribution in [0.5, 0.6) is 0 Å².